The van der Waals surface area contributed by atoms with Crippen LogP contribution in [-0.2, 0) is 0 Å². The van der Waals surface area contributed by atoms with E-state index in [1.54, 1.807) is 0 Å². The van der Waals surface area contributed by atoms with Crippen molar-refractivity contribution in [1.82, 2.24) is 4.98 Å². The molecule has 0 amide bonds. The van der Waals surface area contributed by atoms with Crippen molar-refractivity contribution in [3.63, 3.8) is 0 Å². The van der Waals surface area contributed by atoms with E-state index in [2.05, 4.69) is 29.2 Å². The first-order chi connectivity index (χ1) is 7.31. The zero-order valence-electron chi connectivity index (χ0n) is 8.74. The lowest BCUT2D eigenvalue weighted by Crippen LogP contribution is -2.12. The number of aromatic amines is 1. The summed E-state index contributed by atoms with van der Waals surface area (Å²) in [6, 6.07) is 8.47. The number of nitrogens with one attached hydrogen (secondary N) is 1. The second-order valence-corrected chi connectivity index (χ2v) is 3.86. The van der Waals surface area contributed by atoms with Crippen LogP contribution < -0.4 is 11.5 Å². The normalized spacial score (nSPS) is 13.2. The summed E-state index contributed by atoms with van der Waals surface area (Å²) < 4.78 is 0. The lowest BCUT2D eigenvalue weighted by atomic mass is 10.0. The van der Waals surface area contributed by atoms with Gasteiger partial charge in [0.2, 0.25) is 0 Å². The topological polar surface area (TPSA) is 67.8 Å². The van der Waals surface area contributed by atoms with Gasteiger partial charge < -0.3 is 16.5 Å². The molecule has 1 atom stereocenters. The lowest BCUT2D eigenvalue weighted by Gasteiger charge is -2.11. The standard InChI is InChI=1S/C12H17N3/c13-6-1-2-11(14)9-3-4-12-10(8-9)5-7-15-12/h3-5,7-8,11,15H,1-2,6,13-14H2/t11-/m0/s1. The van der Waals surface area contributed by atoms with Gasteiger partial charge in [-0.05, 0) is 48.5 Å². The maximum Gasteiger partial charge on any atom is 0.0454 e. The van der Waals surface area contributed by atoms with E-state index in [4.69, 9.17) is 11.5 Å². The molecule has 5 N–H and O–H groups in total. The Morgan fingerprint density at radius 2 is 2.13 bits per heavy atom. The largest absolute Gasteiger partial charge is 0.361 e. The van der Waals surface area contributed by atoms with Crippen LogP contribution in [0.25, 0.3) is 10.9 Å². The number of aromatic nitrogens is 1. The molecule has 1 aromatic heterocycles. The predicted octanol–water partition coefficient (Wildman–Crippen LogP) is 1.91. The number of H-pyrrole nitrogens is 1. The summed E-state index contributed by atoms with van der Waals surface area (Å²) >= 11 is 0. The van der Waals surface area contributed by atoms with Gasteiger partial charge in [-0.2, -0.15) is 0 Å². The number of fused-ring (bicyclic) bond motifs is 1. The van der Waals surface area contributed by atoms with E-state index in [0.717, 1.165) is 18.4 Å². The Bertz CT molecular complexity index is 433. The van der Waals surface area contributed by atoms with E-state index in [1.807, 2.05) is 6.20 Å². The summed E-state index contributed by atoms with van der Waals surface area (Å²) in [5, 5.41) is 1.22. The van der Waals surface area contributed by atoms with Gasteiger partial charge in [0.25, 0.3) is 0 Å². The van der Waals surface area contributed by atoms with Gasteiger partial charge in [0, 0.05) is 17.8 Å². The third kappa shape index (κ3) is 2.19. The molecule has 0 radical (unpaired) electrons. The number of nitrogens with two attached hydrogens (primary N) is 2. The van der Waals surface area contributed by atoms with Crippen molar-refractivity contribution in [3.8, 4) is 0 Å². The molecule has 1 aromatic carbocycles. The minimum atomic E-state index is 0.104. The third-order valence-corrected chi connectivity index (χ3v) is 2.72. The van der Waals surface area contributed by atoms with Crippen LogP contribution in [0.2, 0.25) is 0 Å². The van der Waals surface area contributed by atoms with Crippen LogP contribution in [0.5, 0.6) is 0 Å². The SMILES string of the molecule is NCCC[C@H](N)c1ccc2[nH]ccc2c1. The van der Waals surface area contributed by atoms with E-state index < -0.39 is 0 Å². The van der Waals surface area contributed by atoms with Crippen LogP contribution in [0.15, 0.2) is 30.5 Å². The van der Waals surface area contributed by atoms with E-state index in [1.165, 1.54) is 10.9 Å². The average molecular weight is 203 g/mol. The molecule has 2 rings (SSSR count). The fourth-order valence-corrected chi connectivity index (χ4v) is 1.81. The highest BCUT2D eigenvalue weighted by Crippen LogP contribution is 2.20. The number of hydrogen-bond acceptors (Lipinski definition) is 2. The Kier molecular flexibility index (Phi) is 3.04. The molecular formula is C12H17N3. The zero-order chi connectivity index (χ0) is 10.7. The minimum Gasteiger partial charge on any atom is -0.361 e. The van der Waals surface area contributed by atoms with Crippen molar-refractivity contribution in [2.75, 3.05) is 6.54 Å². The van der Waals surface area contributed by atoms with Gasteiger partial charge in [-0.3, -0.25) is 0 Å². The van der Waals surface area contributed by atoms with Crippen molar-refractivity contribution in [2.45, 2.75) is 18.9 Å². The molecule has 80 valence electrons. The molecule has 0 aliphatic heterocycles. The highest BCUT2D eigenvalue weighted by Gasteiger charge is 2.06. The van der Waals surface area contributed by atoms with Crippen molar-refractivity contribution < 1.29 is 0 Å². The Balaban J connectivity index is 2.19. The molecule has 0 aliphatic rings. The maximum atomic E-state index is 6.08. The summed E-state index contributed by atoms with van der Waals surface area (Å²) in [5.41, 5.74) is 13.9. The maximum absolute atomic E-state index is 6.08. The predicted molar refractivity (Wildman–Crippen MR) is 63.5 cm³/mol. The van der Waals surface area contributed by atoms with Crippen LogP contribution in [0, 0.1) is 0 Å². The minimum absolute atomic E-state index is 0.104. The summed E-state index contributed by atoms with van der Waals surface area (Å²) in [6.45, 7) is 0.708. The van der Waals surface area contributed by atoms with Crippen LogP contribution in [0.3, 0.4) is 0 Å². The fourth-order valence-electron chi connectivity index (χ4n) is 1.81. The lowest BCUT2D eigenvalue weighted by molar-refractivity contribution is 0.618. The van der Waals surface area contributed by atoms with Crippen molar-refractivity contribution in [2.24, 2.45) is 11.5 Å². The van der Waals surface area contributed by atoms with Crippen molar-refractivity contribution in [1.29, 1.82) is 0 Å². The first-order valence-electron chi connectivity index (χ1n) is 5.34. The Labute approximate surface area is 89.5 Å². The van der Waals surface area contributed by atoms with Gasteiger partial charge >= 0.3 is 0 Å². The monoisotopic (exact) mass is 203 g/mol. The molecule has 1 heterocycles. The molecule has 0 saturated carbocycles. The fraction of sp³-hybridized carbons (Fsp3) is 0.333. The number of rotatable bonds is 4. The van der Waals surface area contributed by atoms with Crippen LogP contribution >= 0.6 is 0 Å². The smallest absolute Gasteiger partial charge is 0.0454 e. The molecule has 0 aliphatic carbocycles. The van der Waals surface area contributed by atoms with E-state index in [9.17, 15) is 0 Å². The van der Waals surface area contributed by atoms with Gasteiger partial charge in [-0.25, -0.2) is 0 Å². The molecule has 0 bridgehead atoms. The second-order valence-electron chi connectivity index (χ2n) is 3.86. The zero-order valence-corrected chi connectivity index (χ0v) is 8.74. The van der Waals surface area contributed by atoms with Crippen LogP contribution in [0.1, 0.15) is 24.4 Å². The Morgan fingerprint density at radius 1 is 1.27 bits per heavy atom. The highest BCUT2D eigenvalue weighted by atomic mass is 14.7. The molecule has 0 saturated heterocycles. The highest BCUT2D eigenvalue weighted by molar-refractivity contribution is 5.80. The number of benzene rings is 1. The van der Waals surface area contributed by atoms with Crippen molar-refractivity contribution >= 4 is 10.9 Å². The second kappa shape index (κ2) is 4.47. The van der Waals surface area contributed by atoms with Gasteiger partial charge in [-0.1, -0.05) is 6.07 Å². The summed E-state index contributed by atoms with van der Waals surface area (Å²) in [5.74, 6) is 0. The first-order valence-corrected chi connectivity index (χ1v) is 5.34. The van der Waals surface area contributed by atoms with Crippen LogP contribution in [0.4, 0.5) is 0 Å². The van der Waals surface area contributed by atoms with E-state index >= 15 is 0 Å². The van der Waals surface area contributed by atoms with Gasteiger partial charge in [0.15, 0.2) is 0 Å². The molecular weight excluding hydrogens is 186 g/mol. The molecule has 0 fully saturated rings. The van der Waals surface area contributed by atoms with Gasteiger partial charge in [0.1, 0.15) is 0 Å². The molecule has 15 heavy (non-hydrogen) atoms. The van der Waals surface area contributed by atoms with E-state index in [0.29, 0.717) is 6.54 Å². The third-order valence-electron chi connectivity index (χ3n) is 2.72. The average Bonchev–Trinajstić information content (AvgIpc) is 2.72. The Hall–Kier alpha value is -1.32. The summed E-state index contributed by atoms with van der Waals surface area (Å²) in [6.07, 6.45) is 3.87. The summed E-state index contributed by atoms with van der Waals surface area (Å²) in [4.78, 5) is 3.17. The van der Waals surface area contributed by atoms with Crippen LogP contribution in [-0.4, -0.2) is 11.5 Å². The molecule has 3 heteroatoms. The number of hydrogen-bond donors (Lipinski definition) is 3. The van der Waals surface area contributed by atoms with Gasteiger partial charge in [0.05, 0.1) is 0 Å². The Morgan fingerprint density at radius 3 is 2.93 bits per heavy atom. The molecule has 0 spiro atoms. The molecule has 0 unspecified atom stereocenters. The summed E-state index contributed by atoms with van der Waals surface area (Å²) in [7, 11) is 0. The van der Waals surface area contributed by atoms with E-state index in [-0.39, 0.29) is 6.04 Å². The quantitative estimate of drug-likeness (QED) is 0.710. The molecule has 2 aromatic rings. The van der Waals surface area contributed by atoms with Gasteiger partial charge in [-0.15, -0.1) is 0 Å². The van der Waals surface area contributed by atoms with Crippen molar-refractivity contribution in [3.05, 3.63) is 36.0 Å². The first kappa shape index (κ1) is 10.2. The molecule has 3 nitrogen and oxygen atoms in total.